The lowest BCUT2D eigenvalue weighted by molar-refractivity contribution is 0.0995. The molecule has 0 bridgehead atoms. The van der Waals surface area contributed by atoms with E-state index in [2.05, 4.69) is 10.1 Å². The molecule has 88 valence electrons. The molecule has 1 amide bonds. The maximum absolute atomic E-state index is 10.9. The van der Waals surface area contributed by atoms with Crippen LogP contribution in [0.15, 0.2) is 30.6 Å². The second-order valence-corrected chi connectivity index (χ2v) is 3.75. The first kappa shape index (κ1) is 11.3. The SMILES string of the molecule is C[C@@H](N)c1ccc(-n2ccc(C(N)=O)n2)nc1. The zero-order chi connectivity index (χ0) is 12.4. The summed E-state index contributed by atoms with van der Waals surface area (Å²) >= 11 is 0. The lowest BCUT2D eigenvalue weighted by atomic mass is 10.2. The Morgan fingerprint density at radius 3 is 2.65 bits per heavy atom. The monoisotopic (exact) mass is 231 g/mol. The molecule has 4 N–H and O–H groups in total. The van der Waals surface area contributed by atoms with Crippen molar-refractivity contribution in [3.05, 3.63) is 41.9 Å². The largest absolute Gasteiger partial charge is 0.364 e. The van der Waals surface area contributed by atoms with Crippen LogP contribution in [-0.2, 0) is 0 Å². The van der Waals surface area contributed by atoms with Gasteiger partial charge in [-0.25, -0.2) is 9.67 Å². The van der Waals surface area contributed by atoms with Crippen LogP contribution in [-0.4, -0.2) is 20.7 Å². The molecule has 0 aromatic carbocycles. The molecule has 0 spiro atoms. The van der Waals surface area contributed by atoms with E-state index in [1.807, 2.05) is 13.0 Å². The lowest BCUT2D eigenvalue weighted by Gasteiger charge is -2.05. The fourth-order valence-electron chi connectivity index (χ4n) is 1.39. The van der Waals surface area contributed by atoms with Crippen LogP contribution in [0.3, 0.4) is 0 Å². The van der Waals surface area contributed by atoms with Crippen LogP contribution in [0.5, 0.6) is 0 Å². The number of pyridine rings is 1. The van der Waals surface area contributed by atoms with Crippen LogP contribution in [0.2, 0.25) is 0 Å². The molecular weight excluding hydrogens is 218 g/mol. The fraction of sp³-hybridized carbons (Fsp3) is 0.182. The maximum Gasteiger partial charge on any atom is 0.269 e. The Balaban J connectivity index is 2.30. The molecule has 0 radical (unpaired) electrons. The van der Waals surface area contributed by atoms with Gasteiger partial charge in [-0.1, -0.05) is 6.07 Å². The van der Waals surface area contributed by atoms with E-state index < -0.39 is 5.91 Å². The topological polar surface area (TPSA) is 99.8 Å². The first-order valence-corrected chi connectivity index (χ1v) is 5.15. The van der Waals surface area contributed by atoms with Crippen molar-refractivity contribution in [1.82, 2.24) is 14.8 Å². The highest BCUT2D eigenvalue weighted by Crippen LogP contribution is 2.10. The van der Waals surface area contributed by atoms with Gasteiger partial charge in [0.25, 0.3) is 5.91 Å². The number of amides is 1. The lowest BCUT2D eigenvalue weighted by Crippen LogP contribution is -2.12. The summed E-state index contributed by atoms with van der Waals surface area (Å²) in [6, 6.07) is 5.15. The highest BCUT2D eigenvalue weighted by molar-refractivity contribution is 5.90. The van der Waals surface area contributed by atoms with E-state index >= 15 is 0 Å². The second kappa shape index (κ2) is 4.34. The van der Waals surface area contributed by atoms with Crippen LogP contribution in [0.4, 0.5) is 0 Å². The number of hydrogen-bond donors (Lipinski definition) is 2. The van der Waals surface area contributed by atoms with Crippen molar-refractivity contribution in [3.63, 3.8) is 0 Å². The van der Waals surface area contributed by atoms with Gasteiger partial charge in [0.05, 0.1) is 0 Å². The number of nitrogens with two attached hydrogens (primary N) is 2. The average molecular weight is 231 g/mol. The molecule has 0 unspecified atom stereocenters. The van der Waals surface area contributed by atoms with Crippen molar-refractivity contribution >= 4 is 5.91 Å². The number of carbonyl (C=O) groups is 1. The Morgan fingerprint density at radius 1 is 1.41 bits per heavy atom. The summed E-state index contributed by atoms with van der Waals surface area (Å²) in [4.78, 5) is 15.1. The van der Waals surface area contributed by atoms with Crippen molar-refractivity contribution in [2.75, 3.05) is 0 Å². The van der Waals surface area contributed by atoms with Crippen molar-refractivity contribution < 1.29 is 4.79 Å². The minimum absolute atomic E-state index is 0.0599. The minimum atomic E-state index is -0.559. The van der Waals surface area contributed by atoms with Crippen molar-refractivity contribution in [2.45, 2.75) is 13.0 Å². The summed E-state index contributed by atoms with van der Waals surface area (Å²) in [5.74, 6) is 0.0536. The molecule has 0 aliphatic carbocycles. The van der Waals surface area contributed by atoms with E-state index in [-0.39, 0.29) is 11.7 Å². The molecule has 2 aromatic heterocycles. The van der Waals surface area contributed by atoms with Crippen molar-refractivity contribution in [1.29, 1.82) is 0 Å². The van der Waals surface area contributed by atoms with Crippen molar-refractivity contribution in [3.8, 4) is 5.82 Å². The van der Waals surface area contributed by atoms with Crippen LogP contribution in [0.1, 0.15) is 29.0 Å². The molecule has 0 saturated carbocycles. The number of primary amides is 1. The molecule has 6 heteroatoms. The zero-order valence-electron chi connectivity index (χ0n) is 9.37. The summed E-state index contributed by atoms with van der Waals surface area (Å²) in [7, 11) is 0. The third-order valence-corrected chi connectivity index (χ3v) is 2.37. The molecule has 6 nitrogen and oxygen atoms in total. The van der Waals surface area contributed by atoms with E-state index in [0.29, 0.717) is 5.82 Å². The quantitative estimate of drug-likeness (QED) is 0.797. The standard InChI is InChI=1S/C11H13N5O/c1-7(12)8-2-3-10(14-6-8)16-5-4-9(15-16)11(13)17/h2-7H,12H2,1H3,(H2,13,17)/t7-/m1/s1. The Hall–Kier alpha value is -2.21. The summed E-state index contributed by atoms with van der Waals surface area (Å²) in [5, 5.41) is 4.00. The Kier molecular flexibility index (Phi) is 2.88. The molecule has 1 atom stereocenters. The highest BCUT2D eigenvalue weighted by Gasteiger charge is 2.07. The molecular formula is C11H13N5O. The van der Waals surface area contributed by atoms with Gasteiger partial charge in [-0.2, -0.15) is 5.10 Å². The molecule has 0 fully saturated rings. The van der Waals surface area contributed by atoms with Gasteiger partial charge >= 0.3 is 0 Å². The smallest absolute Gasteiger partial charge is 0.269 e. The van der Waals surface area contributed by atoms with E-state index in [0.717, 1.165) is 5.56 Å². The first-order valence-electron chi connectivity index (χ1n) is 5.15. The number of aromatic nitrogens is 3. The molecule has 17 heavy (non-hydrogen) atoms. The predicted molar refractivity (Wildman–Crippen MR) is 62.5 cm³/mol. The van der Waals surface area contributed by atoms with E-state index in [1.54, 1.807) is 24.5 Å². The van der Waals surface area contributed by atoms with Gasteiger partial charge in [-0.05, 0) is 24.6 Å². The fourth-order valence-corrected chi connectivity index (χ4v) is 1.39. The number of hydrogen-bond acceptors (Lipinski definition) is 4. The van der Waals surface area contributed by atoms with Crippen LogP contribution in [0, 0.1) is 0 Å². The highest BCUT2D eigenvalue weighted by atomic mass is 16.1. The normalized spacial score (nSPS) is 12.4. The van der Waals surface area contributed by atoms with E-state index in [1.165, 1.54) is 4.68 Å². The molecule has 2 heterocycles. The average Bonchev–Trinajstić information content (AvgIpc) is 2.78. The summed E-state index contributed by atoms with van der Waals surface area (Å²) in [6.07, 6.45) is 3.32. The first-order chi connectivity index (χ1) is 8.08. The van der Waals surface area contributed by atoms with Crippen LogP contribution < -0.4 is 11.5 Å². The summed E-state index contributed by atoms with van der Waals surface area (Å²) < 4.78 is 1.49. The molecule has 2 aromatic rings. The predicted octanol–water partition coefficient (Wildman–Crippen LogP) is 0.386. The van der Waals surface area contributed by atoms with Gasteiger partial charge in [0.2, 0.25) is 0 Å². The van der Waals surface area contributed by atoms with Gasteiger partial charge in [-0.15, -0.1) is 0 Å². The van der Waals surface area contributed by atoms with Crippen LogP contribution >= 0.6 is 0 Å². The zero-order valence-corrected chi connectivity index (χ0v) is 9.37. The van der Waals surface area contributed by atoms with E-state index in [9.17, 15) is 4.79 Å². The number of nitrogens with zero attached hydrogens (tertiary/aromatic N) is 3. The van der Waals surface area contributed by atoms with Gasteiger partial charge in [0, 0.05) is 18.4 Å². The molecule has 0 aliphatic heterocycles. The minimum Gasteiger partial charge on any atom is -0.364 e. The second-order valence-electron chi connectivity index (χ2n) is 3.75. The van der Waals surface area contributed by atoms with Crippen molar-refractivity contribution in [2.24, 2.45) is 11.5 Å². The molecule has 0 saturated heterocycles. The molecule has 2 rings (SSSR count). The third kappa shape index (κ3) is 2.31. The van der Waals surface area contributed by atoms with Gasteiger partial charge in [0.15, 0.2) is 5.82 Å². The maximum atomic E-state index is 10.9. The van der Waals surface area contributed by atoms with Gasteiger partial charge < -0.3 is 11.5 Å². The van der Waals surface area contributed by atoms with Gasteiger partial charge in [0.1, 0.15) is 5.69 Å². The number of carbonyl (C=O) groups excluding carboxylic acids is 1. The van der Waals surface area contributed by atoms with Gasteiger partial charge in [-0.3, -0.25) is 4.79 Å². The summed E-state index contributed by atoms with van der Waals surface area (Å²) in [6.45, 7) is 1.88. The third-order valence-electron chi connectivity index (χ3n) is 2.37. The molecule has 0 aliphatic rings. The Labute approximate surface area is 98.3 Å². The number of rotatable bonds is 3. The Morgan fingerprint density at radius 2 is 2.18 bits per heavy atom. The van der Waals surface area contributed by atoms with Crippen LogP contribution in [0.25, 0.3) is 5.82 Å². The van der Waals surface area contributed by atoms with E-state index in [4.69, 9.17) is 11.5 Å². The summed E-state index contributed by atoms with van der Waals surface area (Å²) in [5.41, 5.74) is 12.0. The Bertz CT molecular complexity index is 529.